The summed E-state index contributed by atoms with van der Waals surface area (Å²) in [4.78, 5) is 11.4. The van der Waals surface area contributed by atoms with Gasteiger partial charge < -0.3 is 19.3 Å². The third-order valence-corrected chi connectivity index (χ3v) is 9.21. The second kappa shape index (κ2) is 6.29. The quantitative estimate of drug-likeness (QED) is 0.547. The summed E-state index contributed by atoms with van der Waals surface area (Å²) in [5, 5.41) is 11.3. The van der Waals surface area contributed by atoms with Crippen molar-refractivity contribution in [2.75, 3.05) is 13.2 Å². The number of aliphatic hydroxyl groups is 1. The van der Waals surface area contributed by atoms with Crippen molar-refractivity contribution < 1.29 is 24.1 Å². The van der Waals surface area contributed by atoms with E-state index in [4.69, 9.17) is 14.2 Å². The van der Waals surface area contributed by atoms with Gasteiger partial charge in [-0.25, -0.2) is 0 Å². The standard InChI is InChI=1S/C23H34O5/c1-14(24)28-16-4-7-21(2)15(12-16)13-19(25)20-17(21)5-8-22(3)18(20)6-9-23(22)26-10-11-27-23/h13,16-20,25H,4-12H2,1-3H3/t16-,17?,18?,19+,20?,21-,22-/m0/s1. The van der Waals surface area contributed by atoms with Crippen molar-refractivity contribution in [1.82, 2.24) is 0 Å². The van der Waals surface area contributed by atoms with E-state index < -0.39 is 11.9 Å². The highest BCUT2D eigenvalue weighted by atomic mass is 16.7. The summed E-state index contributed by atoms with van der Waals surface area (Å²) in [5.74, 6) is 0.547. The predicted molar refractivity (Wildman–Crippen MR) is 103 cm³/mol. The molecular weight excluding hydrogens is 356 g/mol. The summed E-state index contributed by atoms with van der Waals surface area (Å²) < 4.78 is 17.9. The molecule has 1 heterocycles. The third kappa shape index (κ3) is 2.45. The molecule has 1 spiro atoms. The van der Waals surface area contributed by atoms with E-state index in [1.807, 2.05) is 0 Å². The first-order valence-electron chi connectivity index (χ1n) is 11.1. The van der Waals surface area contributed by atoms with Crippen LogP contribution in [-0.4, -0.2) is 42.3 Å². The normalized spacial score (nSPS) is 49.1. The minimum atomic E-state index is -0.430. The fourth-order valence-electron chi connectivity index (χ4n) is 7.84. The van der Waals surface area contributed by atoms with Crippen LogP contribution in [0.5, 0.6) is 0 Å². The van der Waals surface area contributed by atoms with E-state index in [-0.39, 0.29) is 28.8 Å². The van der Waals surface area contributed by atoms with Gasteiger partial charge in [0.15, 0.2) is 5.79 Å². The van der Waals surface area contributed by atoms with Crippen LogP contribution in [0.4, 0.5) is 0 Å². The maximum Gasteiger partial charge on any atom is 0.302 e. The van der Waals surface area contributed by atoms with Crippen molar-refractivity contribution in [2.24, 2.45) is 28.6 Å². The summed E-state index contributed by atoms with van der Waals surface area (Å²) in [6.07, 6.45) is 8.61. The average molecular weight is 391 g/mol. The number of fused-ring (bicyclic) bond motifs is 6. The van der Waals surface area contributed by atoms with Gasteiger partial charge in [-0.3, -0.25) is 4.79 Å². The van der Waals surface area contributed by atoms with Crippen molar-refractivity contribution in [1.29, 1.82) is 0 Å². The van der Waals surface area contributed by atoms with Gasteiger partial charge >= 0.3 is 5.97 Å². The fraction of sp³-hybridized carbons (Fsp3) is 0.870. The van der Waals surface area contributed by atoms with Crippen LogP contribution in [-0.2, 0) is 19.0 Å². The Balaban J connectivity index is 1.46. The van der Waals surface area contributed by atoms with Crippen LogP contribution < -0.4 is 0 Å². The van der Waals surface area contributed by atoms with E-state index in [0.717, 1.165) is 44.9 Å². The Morgan fingerprint density at radius 3 is 2.54 bits per heavy atom. The molecule has 5 nitrogen and oxygen atoms in total. The van der Waals surface area contributed by atoms with Gasteiger partial charge in [-0.05, 0) is 55.3 Å². The largest absolute Gasteiger partial charge is 0.462 e. The molecule has 0 aromatic heterocycles. The van der Waals surface area contributed by atoms with Gasteiger partial charge in [0.2, 0.25) is 0 Å². The number of hydrogen-bond acceptors (Lipinski definition) is 5. The zero-order chi connectivity index (χ0) is 19.7. The Bertz CT molecular complexity index is 695. The van der Waals surface area contributed by atoms with E-state index in [9.17, 15) is 9.90 Å². The molecule has 1 saturated heterocycles. The van der Waals surface area contributed by atoms with Crippen LogP contribution >= 0.6 is 0 Å². The highest BCUT2D eigenvalue weighted by Crippen LogP contribution is 2.68. The van der Waals surface area contributed by atoms with E-state index in [0.29, 0.717) is 25.0 Å². The highest BCUT2D eigenvalue weighted by molar-refractivity contribution is 5.66. The van der Waals surface area contributed by atoms with Crippen LogP contribution in [0.2, 0.25) is 0 Å². The van der Waals surface area contributed by atoms with Gasteiger partial charge in [0.25, 0.3) is 0 Å². The average Bonchev–Trinajstić information content (AvgIpc) is 3.23. The van der Waals surface area contributed by atoms with Crippen LogP contribution in [0.3, 0.4) is 0 Å². The van der Waals surface area contributed by atoms with Crippen LogP contribution in [0, 0.1) is 28.6 Å². The molecule has 3 saturated carbocycles. The van der Waals surface area contributed by atoms with Gasteiger partial charge in [0.05, 0.1) is 19.3 Å². The van der Waals surface area contributed by atoms with Gasteiger partial charge in [-0.2, -0.15) is 0 Å². The summed E-state index contributed by atoms with van der Waals surface area (Å²) >= 11 is 0. The van der Waals surface area contributed by atoms with Gasteiger partial charge in [-0.15, -0.1) is 0 Å². The molecule has 0 bridgehead atoms. The molecule has 5 heteroatoms. The molecular formula is C23H34O5. The summed E-state index contributed by atoms with van der Waals surface area (Å²) in [5.41, 5.74) is 1.40. The van der Waals surface area contributed by atoms with Crippen molar-refractivity contribution in [3.05, 3.63) is 11.6 Å². The summed E-state index contributed by atoms with van der Waals surface area (Å²) in [7, 11) is 0. The lowest BCUT2D eigenvalue weighted by molar-refractivity contribution is -0.246. The lowest BCUT2D eigenvalue weighted by atomic mass is 9.47. The van der Waals surface area contributed by atoms with E-state index in [2.05, 4.69) is 19.9 Å². The van der Waals surface area contributed by atoms with Crippen LogP contribution in [0.15, 0.2) is 11.6 Å². The molecule has 1 aliphatic heterocycles. The monoisotopic (exact) mass is 390 g/mol. The maximum absolute atomic E-state index is 11.4. The molecule has 3 unspecified atom stereocenters. The Labute approximate surface area is 167 Å². The molecule has 0 amide bonds. The molecule has 7 atom stereocenters. The number of hydrogen-bond donors (Lipinski definition) is 1. The van der Waals surface area contributed by atoms with Crippen molar-refractivity contribution in [2.45, 2.75) is 83.7 Å². The summed E-state index contributed by atoms with van der Waals surface area (Å²) in [6, 6.07) is 0. The third-order valence-electron chi connectivity index (χ3n) is 9.21. The predicted octanol–water partition coefficient (Wildman–Crippen LogP) is 3.59. The van der Waals surface area contributed by atoms with E-state index in [1.165, 1.54) is 12.5 Å². The first-order chi connectivity index (χ1) is 13.3. The molecule has 0 aromatic carbocycles. The van der Waals surface area contributed by atoms with Crippen molar-refractivity contribution >= 4 is 5.97 Å². The Morgan fingerprint density at radius 1 is 1.11 bits per heavy atom. The molecule has 4 aliphatic carbocycles. The summed E-state index contributed by atoms with van der Waals surface area (Å²) in [6.45, 7) is 7.61. The molecule has 5 rings (SSSR count). The minimum absolute atomic E-state index is 0.0116. The second-order valence-electron chi connectivity index (χ2n) is 10.3. The molecule has 4 fully saturated rings. The lowest BCUT2D eigenvalue weighted by Crippen LogP contribution is -2.58. The Hall–Kier alpha value is -0.910. The van der Waals surface area contributed by atoms with Crippen molar-refractivity contribution in [3.63, 3.8) is 0 Å². The van der Waals surface area contributed by atoms with E-state index >= 15 is 0 Å². The molecule has 0 aromatic rings. The molecule has 1 N–H and O–H groups in total. The smallest absolute Gasteiger partial charge is 0.302 e. The number of esters is 1. The SMILES string of the molecule is CC(=O)O[C@H]1CC[C@@]2(C)C(=C[C@@H](O)C3C2CC[C@@]2(C)C3CCC23OCCO3)C1. The van der Waals surface area contributed by atoms with Crippen LogP contribution in [0.25, 0.3) is 0 Å². The maximum atomic E-state index is 11.4. The Kier molecular flexibility index (Phi) is 4.29. The second-order valence-corrected chi connectivity index (χ2v) is 10.3. The number of rotatable bonds is 1. The minimum Gasteiger partial charge on any atom is -0.462 e. The first-order valence-corrected chi connectivity index (χ1v) is 11.1. The van der Waals surface area contributed by atoms with Gasteiger partial charge in [-0.1, -0.05) is 25.5 Å². The molecule has 28 heavy (non-hydrogen) atoms. The molecule has 5 aliphatic rings. The first kappa shape index (κ1) is 19.1. The number of aliphatic hydroxyl groups excluding tert-OH is 1. The van der Waals surface area contributed by atoms with Crippen molar-refractivity contribution in [3.8, 4) is 0 Å². The molecule has 0 radical (unpaired) electrons. The van der Waals surface area contributed by atoms with E-state index in [1.54, 1.807) is 0 Å². The topological polar surface area (TPSA) is 65.0 Å². The fourth-order valence-corrected chi connectivity index (χ4v) is 7.84. The number of ether oxygens (including phenoxy) is 3. The number of carbonyl (C=O) groups is 1. The lowest BCUT2D eigenvalue weighted by Gasteiger charge is -2.59. The zero-order valence-electron chi connectivity index (χ0n) is 17.4. The van der Waals surface area contributed by atoms with Crippen LogP contribution in [0.1, 0.15) is 65.7 Å². The zero-order valence-corrected chi connectivity index (χ0v) is 17.4. The van der Waals surface area contributed by atoms with Gasteiger partial charge in [0, 0.05) is 25.2 Å². The number of carbonyl (C=O) groups excluding carboxylic acids is 1. The van der Waals surface area contributed by atoms with Gasteiger partial charge in [0.1, 0.15) is 6.10 Å². The molecule has 156 valence electrons. The Morgan fingerprint density at radius 2 is 1.82 bits per heavy atom. The highest BCUT2D eigenvalue weighted by Gasteiger charge is 2.67.